The quantitative estimate of drug-likeness (QED) is 0.00934. The lowest BCUT2D eigenvalue weighted by Gasteiger charge is -2.49. The summed E-state index contributed by atoms with van der Waals surface area (Å²) in [4.78, 5) is 93.9. The molecule has 2 N–H and O–H groups in total. The number of aromatic nitrogens is 1. The fourth-order valence-electron chi connectivity index (χ4n) is 9.03. The Hall–Kier alpha value is -8.22. The van der Waals surface area contributed by atoms with E-state index in [9.17, 15) is 33.3 Å². The summed E-state index contributed by atoms with van der Waals surface area (Å²) in [5.41, 5.74) is -0.0236. The van der Waals surface area contributed by atoms with Crippen molar-refractivity contribution >= 4 is 96.6 Å². The van der Waals surface area contributed by atoms with Crippen LogP contribution in [0.5, 0.6) is 17.2 Å². The number of amides is 2. The zero-order chi connectivity index (χ0) is 59.2. The van der Waals surface area contributed by atoms with Gasteiger partial charge in [0.05, 0.1) is 11.3 Å². The number of thioether (sulfide) groups is 1. The number of oxime groups is 1. The number of carbonyl (C=O) groups is 5. The van der Waals surface area contributed by atoms with Crippen molar-refractivity contribution < 1.29 is 61.8 Å². The minimum Gasteiger partial charge on any atom is -0.614 e. The molecule has 2 unspecified atom stereocenters. The van der Waals surface area contributed by atoms with Crippen LogP contribution in [0.15, 0.2) is 164 Å². The highest BCUT2D eigenvalue weighted by Crippen LogP contribution is 2.43. The van der Waals surface area contributed by atoms with E-state index in [1.165, 1.54) is 43.8 Å². The molecule has 2 aliphatic heterocycles. The van der Waals surface area contributed by atoms with Gasteiger partial charge in [-0.2, -0.15) is 0 Å². The lowest BCUT2D eigenvalue weighted by atomic mass is 9.77. The molecule has 23 heteroatoms. The van der Waals surface area contributed by atoms with E-state index in [1.54, 1.807) is 71.2 Å². The smallest absolute Gasteiger partial charge is 0.514 e. The fourth-order valence-corrected chi connectivity index (χ4v) is 13.8. The number of benzene rings is 5. The highest BCUT2D eigenvalue weighted by molar-refractivity contribution is 8.01. The molecular weight excluding hydrogens is 1140 g/mol. The number of nitrogens with one attached hydrogen (secondary N) is 2. The van der Waals surface area contributed by atoms with Crippen LogP contribution in [-0.2, 0) is 56.8 Å². The number of carbonyl (C=O) groups excluding carboxylic acids is 5. The largest absolute Gasteiger partial charge is 0.614 e. The van der Waals surface area contributed by atoms with Gasteiger partial charge in [0.2, 0.25) is 5.37 Å². The Morgan fingerprint density at radius 3 is 1.89 bits per heavy atom. The minimum absolute atomic E-state index is 0.0558. The third kappa shape index (κ3) is 13.7. The van der Waals surface area contributed by atoms with Gasteiger partial charge in [0.25, 0.3) is 11.8 Å². The maximum atomic E-state index is 14.5. The molecule has 0 bridgehead atoms. The summed E-state index contributed by atoms with van der Waals surface area (Å²) < 4.78 is 47.9. The van der Waals surface area contributed by atoms with Crippen LogP contribution in [0.3, 0.4) is 0 Å². The standard InChI is InChI=1S/C60H57N5O14S4/c1-58(2,3)78-56(70)76-44-28-41-43(66)29-47(82-46(41)30-45(44)77-57(71)79-59(4,5)6)80-32-36-34-83(72)53-49(52(68)65(53)50(36)54(69)75-31-35-24-26-40(73-7)27-25-35)62-51(67)48(64-74-8)42-33-81-55(61-42)63-60(37-18-12-9-13-19-37,38-20-14-10-15-21-38)39-22-16-11-17-23-39/h9-30,33,49,53H,31-32,34H2,1-8H3,(H,61,63)(H,62,67)/b64-48-/t49?,53-,83?/m0/s1. The highest BCUT2D eigenvalue weighted by Gasteiger charge is 2.61. The van der Waals surface area contributed by atoms with Gasteiger partial charge in [-0.1, -0.05) is 108 Å². The van der Waals surface area contributed by atoms with Gasteiger partial charge in [-0.3, -0.25) is 19.3 Å². The Bertz CT molecular complexity index is 3580. The van der Waals surface area contributed by atoms with Crippen LogP contribution in [0.25, 0.3) is 10.1 Å². The second kappa shape index (κ2) is 25.1. The molecule has 1 fully saturated rings. The van der Waals surface area contributed by atoms with Crippen molar-refractivity contribution in [1.82, 2.24) is 15.2 Å². The van der Waals surface area contributed by atoms with E-state index in [-0.39, 0.29) is 57.7 Å². The first-order chi connectivity index (χ1) is 39.6. The molecule has 9 rings (SSSR count). The van der Waals surface area contributed by atoms with Crippen LogP contribution >= 0.6 is 34.4 Å². The molecule has 0 spiro atoms. The van der Waals surface area contributed by atoms with Gasteiger partial charge < -0.3 is 48.4 Å². The number of hydrogen-bond acceptors (Lipinski definition) is 20. The number of thiazole rings is 1. The van der Waals surface area contributed by atoms with Crippen LogP contribution in [-0.4, -0.2) is 98.6 Å². The number of β-lactam (4-membered cyclic amide) rings is 1. The first-order valence-electron chi connectivity index (χ1n) is 25.8. The summed E-state index contributed by atoms with van der Waals surface area (Å²) in [7, 11) is 2.78. The summed E-state index contributed by atoms with van der Waals surface area (Å²) in [5.74, 6) is -2.73. The topological polar surface area (TPSA) is 243 Å². The molecule has 5 aromatic carbocycles. The van der Waals surface area contributed by atoms with Crippen molar-refractivity contribution in [3.8, 4) is 17.2 Å². The number of rotatable bonds is 18. The van der Waals surface area contributed by atoms with Crippen molar-refractivity contribution in [1.29, 1.82) is 0 Å². The number of hydrogen-bond donors (Lipinski definition) is 2. The van der Waals surface area contributed by atoms with Gasteiger partial charge in [-0.15, -0.1) is 34.4 Å². The normalized spacial score (nSPS) is 16.3. The van der Waals surface area contributed by atoms with Crippen molar-refractivity contribution in [2.75, 3.05) is 31.0 Å². The van der Waals surface area contributed by atoms with E-state index < -0.39 is 74.9 Å². The lowest BCUT2D eigenvalue weighted by molar-refractivity contribution is -0.153. The number of esters is 1. The number of ether oxygens (including phenoxy) is 6. The van der Waals surface area contributed by atoms with Gasteiger partial charge in [-0.05, 0) is 93.2 Å². The number of nitrogens with zero attached hydrogens (tertiary/aromatic N) is 3. The van der Waals surface area contributed by atoms with E-state index in [2.05, 4.69) is 15.8 Å². The van der Waals surface area contributed by atoms with Crippen molar-refractivity contribution in [3.05, 3.63) is 188 Å². The third-order valence-corrected chi connectivity index (χ3v) is 17.4. The number of anilines is 1. The predicted molar refractivity (Wildman–Crippen MR) is 316 cm³/mol. The van der Waals surface area contributed by atoms with Crippen LogP contribution in [0.1, 0.15) is 69.5 Å². The van der Waals surface area contributed by atoms with Crippen molar-refractivity contribution in [2.24, 2.45) is 5.16 Å². The molecule has 0 radical (unpaired) electrons. The zero-order valence-corrected chi connectivity index (χ0v) is 49.5. The minimum atomic E-state index is -1.91. The second-order valence-electron chi connectivity index (χ2n) is 20.7. The first kappa shape index (κ1) is 59.4. The molecule has 2 aromatic heterocycles. The number of methoxy groups -OCH3 is 1. The summed E-state index contributed by atoms with van der Waals surface area (Å²) in [6, 6.07) is 39.0. The van der Waals surface area contributed by atoms with Gasteiger partial charge in [0.1, 0.15) is 53.4 Å². The Balaban J connectivity index is 0.989. The Kier molecular flexibility index (Phi) is 18.0. The molecular formula is C60H57N5O14S4. The van der Waals surface area contributed by atoms with Gasteiger partial charge in [0, 0.05) is 38.9 Å². The third-order valence-electron chi connectivity index (χ3n) is 12.6. The predicted octanol–water partition coefficient (Wildman–Crippen LogP) is 10.3. The summed E-state index contributed by atoms with van der Waals surface area (Å²) in [6.45, 7) is 9.63. The van der Waals surface area contributed by atoms with Crippen molar-refractivity contribution in [2.45, 2.75) is 80.5 Å². The SMILES string of the molecule is CO/N=C(\C(=O)NC1C(=O)N2C(C(=O)OCc3ccc(OC)cc3)=C(CSc3cc(=O)c4cc(OC(=O)OC(C)(C)C)c(OC(=O)OC(C)(C)C)cc4s3)C[S+]([O-])[C@@H]12)c1csc(NC(c2ccccc2)(c2ccccc2)c2ccccc2)n1. The molecule has 7 aromatic rings. The monoisotopic (exact) mass is 1200 g/mol. The summed E-state index contributed by atoms with van der Waals surface area (Å²) >= 11 is 1.53. The van der Waals surface area contributed by atoms with Crippen LogP contribution in [0.4, 0.5) is 14.7 Å². The average Bonchev–Trinajstić information content (AvgIpc) is 1.69. The maximum absolute atomic E-state index is 14.5. The molecule has 0 aliphatic carbocycles. The maximum Gasteiger partial charge on any atom is 0.514 e. The fraction of sp³-hybridized carbons (Fsp3) is 0.267. The van der Waals surface area contributed by atoms with E-state index in [0.29, 0.717) is 25.4 Å². The van der Waals surface area contributed by atoms with Crippen LogP contribution in [0, 0.1) is 0 Å². The summed E-state index contributed by atoms with van der Waals surface area (Å²) in [5, 5.41) is 11.4. The average molecular weight is 1200 g/mol. The van der Waals surface area contributed by atoms with Gasteiger partial charge in [-0.25, -0.2) is 19.4 Å². The van der Waals surface area contributed by atoms with E-state index in [1.807, 2.05) is 91.0 Å². The Morgan fingerprint density at radius 1 is 0.783 bits per heavy atom. The van der Waals surface area contributed by atoms with E-state index in [0.717, 1.165) is 44.7 Å². The Labute approximate surface area is 493 Å². The zero-order valence-electron chi connectivity index (χ0n) is 46.2. The van der Waals surface area contributed by atoms with Gasteiger partial charge in [0.15, 0.2) is 33.8 Å². The molecule has 19 nitrogen and oxygen atoms in total. The molecule has 430 valence electrons. The molecule has 2 aliphatic rings. The second-order valence-corrected chi connectivity index (χ2v) is 25.5. The molecule has 83 heavy (non-hydrogen) atoms. The number of fused-ring (bicyclic) bond motifs is 2. The molecule has 1 saturated heterocycles. The van der Waals surface area contributed by atoms with Crippen LogP contribution in [0.2, 0.25) is 0 Å². The van der Waals surface area contributed by atoms with Crippen molar-refractivity contribution in [3.63, 3.8) is 0 Å². The summed E-state index contributed by atoms with van der Waals surface area (Å²) in [6.07, 6.45) is -2.22. The molecule has 3 atom stereocenters. The molecule has 2 amide bonds. The first-order valence-corrected chi connectivity index (χ1v) is 29.8. The van der Waals surface area contributed by atoms with E-state index in [4.69, 9.17) is 38.2 Å². The molecule has 0 saturated carbocycles. The Morgan fingerprint density at radius 2 is 1.35 bits per heavy atom. The van der Waals surface area contributed by atoms with Gasteiger partial charge >= 0.3 is 18.3 Å². The highest BCUT2D eigenvalue weighted by atomic mass is 32.2. The van der Waals surface area contributed by atoms with E-state index >= 15 is 0 Å². The van der Waals surface area contributed by atoms with Crippen LogP contribution < -0.4 is 30.3 Å². The lowest BCUT2D eigenvalue weighted by Crippen LogP contribution is -2.75. The molecule has 4 heterocycles.